The van der Waals surface area contributed by atoms with Crippen LogP contribution in [0.2, 0.25) is 5.02 Å². The first-order valence-electron chi connectivity index (χ1n) is 8.08. The van der Waals surface area contributed by atoms with Crippen molar-refractivity contribution in [3.63, 3.8) is 0 Å². The Morgan fingerprint density at radius 3 is 2.83 bits per heavy atom. The van der Waals surface area contributed by atoms with Gasteiger partial charge in [-0.05, 0) is 56.5 Å². The van der Waals surface area contributed by atoms with Crippen molar-refractivity contribution in [2.75, 3.05) is 16.8 Å². The lowest BCUT2D eigenvalue weighted by molar-refractivity contribution is -0.117. The Bertz CT molecular complexity index is 778. The first-order chi connectivity index (χ1) is 11.5. The molecule has 0 saturated carbocycles. The number of hydrogen-bond acceptors (Lipinski definition) is 2. The van der Waals surface area contributed by atoms with Crippen LogP contribution in [0.15, 0.2) is 36.4 Å². The molecule has 1 aliphatic rings. The molecule has 3 rings (SSSR count). The average molecular weight is 347 g/mol. The number of anilines is 2. The van der Waals surface area contributed by atoms with Crippen LogP contribution in [0.4, 0.5) is 15.8 Å². The van der Waals surface area contributed by atoms with E-state index in [1.807, 2.05) is 6.92 Å². The summed E-state index contributed by atoms with van der Waals surface area (Å²) in [6, 6.07) is 9.95. The Morgan fingerprint density at radius 1 is 1.29 bits per heavy atom. The fourth-order valence-corrected chi connectivity index (χ4v) is 3.34. The molecule has 2 aromatic rings. The number of rotatable bonds is 3. The largest absolute Gasteiger partial charge is 0.360 e. The van der Waals surface area contributed by atoms with Crippen LogP contribution in [0.25, 0.3) is 0 Å². The number of benzene rings is 2. The highest BCUT2D eigenvalue weighted by Gasteiger charge is 2.26. The van der Waals surface area contributed by atoms with Gasteiger partial charge in [0.15, 0.2) is 0 Å². The molecule has 0 unspecified atom stereocenters. The minimum absolute atomic E-state index is 0.156. The molecule has 1 N–H and O–H groups in total. The average Bonchev–Trinajstić information content (AvgIpc) is 2.55. The van der Waals surface area contributed by atoms with Crippen LogP contribution in [0, 0.1) is 12.7 Å². The lowest BCUT2D eigenvalue weighted by Crippen LogP contribution is -2.44. The topological polar surface area (TPSA) is 32.3 Å². The minimum Gasteiger partial charge on any atom is -0.360 e. The number of hydrogen-bond donors (Lipinski definition) is 1. The van der Waals surface area contributed by atoms with Gasteiger partial charge in [-0.1, -0.05) is 29.3 Å². The highest BCUT2D eigenvalue weighted by molar-refractivity contribution is 6.33. The van der Waals surface area contributed by atoms with Crippen molar-refractivity contribution in [3.8, 4) is 0 Å². The van der Waals surface area contributed by atoms with E-state index >= 15 is 0 Å². The summed E-state index contributed by atoms with van der Waals surface area (Å²) >= 11 is 5.99. The van der Waals surface area contributed by atoms with Crippen molar-refractivity contribution in [2.45, 2.75) is 32.7 Å². The SMILES string of the molecule is Cc1ccc2c(c1)CCCN2[C@H](C)C(=O)Nc1ccc(F)cc1Cl. The van der Waals surface area contributed by atoms with E-state index < -0.39 is 5.82 Å². The molecule has 126 valence electrons. The second-order valence-electron chi connectivity index (χ2n) is 6.22. The molecular weight excluding hydrogens is 327 g/mol. The summed E-state index contributed by atoms with van der Waals surface area (Å²) in [5.41, 5.74) is 4.04. The molecule has 0 aromatic heterocycles. The van der Waals surface area contributed by atoms with E-state index in [0.29, 0.717) is 5.69 Å². The van der Waals surface area contributed by atoms with E-state index in [1.165, 1.54) is 29.3 Å². The minimum atomic E-state index is -0.425. The van der Waals surface area contributed by atoms with Crippen LogP contribution in [0.5, 0.6) is 0 Å². The van der Waals surface area contributed by atoms with E-state index in [1.54, 1.807) is 0 Å². The van der Waals surface area contributed by atoms with Crippen molar-refractivity contribution in [2.24, 2.45) is 0 Å². The molecule has 0 radical (unpaired) electrons. The van der Waals surface area contributed by atoms with Gasteiger partial charge in [-0.3, -0.25) is 4.79 Å². The summed E-state index contributed by atoms with van der Waals surface area (Å²) in [6.07, 6.45) is 2.05. The zero-order valence-corrected chi connectivity index (χ0v) is 14.5. The number of amides is 1. The van der Waals surface area contributed by atoms with Crippen LogP contribution < -0.4 is 10.2 Å². The van der Waals surface area contributed by atoms with E-state index in [-0.39, 0.29) is 17.0 Å². The molecule has 0 spiro atoms. The standard InChI is InChI=1S/C19H20ClFN2O/c1-12-5-8-18-14(10-12)4-3-9-23(18)13(2)19(24)22-17-7-6-15(21)11-16(17)20/h5-8,10-11,13H,3-4,9H2,1-2H3,(H,22,24)/t13-/m1/s1. The molecule has 2 aromatic carbocycles. The number of halogens is 2. The summed E-state index contributed by atoms with van der Waals surface area (Å²) in [4.78, 5) is 14.7. The Hall–Kier alpha value is -2.07. The molecule has 3 nitrogen and oxygen atoms in total. The summed E-state index contributed by atoms with van der Waals surface area (Å²) in [5.74, 6) is -0.580. The smallest absolute Gasteiger partial charge is 0.246 e. The Balaban J connectivity index is 1.79. The maximum Gasteiger partial charge on any atom is 0.246 e. The second-order valence-corrected chi connectivity index (χ2v) is 6.63. The van der Waals surface area contributed by atoms with Gasteiger partial charge in [0, 0.05) is 12.2 Å². The maximum atomic E-state index is 13.1. The predicted octanol–water partition coefficient (Wildman–Crippen LogP) is 4.57. The summed E-state index contributed by atoms with van der Waals surface area (Å²) in [6.45, 7) is 4.79. The Morgan fingerprint density at radius 2 is 2.08 bits per heavy atom. The molecule has 0 fully saturated rings. The van der Waals surface area contributed by atoms with Gasteiger partial charge < -0.3 is 10.2 Å². The van der Waals surface area contributed by atoms with E-state index in [9.17, 15) is 9.18 Å². The van der Waals surface area contributed by atoms with Gasteiger partial charge in [0.1, 0.15) is 11.9 Å². The van der Waals surface area contributed by atoms with Gasteiger partial charge >= 0.3 is 0 Å². The quantitative estimate of drug-likeness (QED) is 0.883. The van der Waals surface area contributed by atoms with Crippen LogP contribution in [-0.4, -0.2) is 18.5 Å². The molecule has 0 aliphatic carbocycles. The predicted molar refractivity (Wildman–Crippen MR) is 96.3 cm³/mol. The van der Waals surface area contributed by atoms with Crippen molar-refractivity contribution < 1.29 is 9.18 Å². The summed E-state index contributed by atoms with van der Waals surface area (Å²) < 4.78 is 13.1. The van der Waals surface area contributed by atoms with E-state index in [0.717, 1.165) is 25.1 Å². The molecule has 1 heterocycles. The van der Waals surface area contributed by atoms with Gasteiger partial charge in [0.2, 0.25) is 5.91 Å². The van der Waals surface area contributed by atoms with Crippen molar-refractivity contribution in [3.05, 3.63) is 58.4 Å². The van der Waals surface area contributed by atoms with Crippen molar-refractivity contribution >= 4 is 28.9 Å². The third kappa shape index (κ3) is 3.39. The first-order valence-corrected chi connectivity index (χ1v) is 8.45. The normalized spacial score (nSPS) is 14.9. The van der Waals surface area contributed by atoms with Crippen LogP contribution in [0.3, 0.4) is 0 Å². The molecule has 0 bridgehead atoms. The number of carbonyl (C=O) groups is 1. The summed E-state index contributed by atoms with van der Waals surface area (Å²) in [7, 11) is 0. The van der Waals surface area contributed by atoms with Gasteiger partial charge in [-0.15, -0.1) is 0 Å². The number of fused-ring (bicyclic) bond motifs is 1. The molecule has 1 aliphatic heterocycles. The third-order valence-electron chi connectivity index (χ3n) is 4.43. The molecule has 1 amide bonds. The van der Waals surface area contributed by atoms with E-state index in [4.69, 9.17) is 11.6 Å². The number of nitrogens with zero attached hydrogens (tertiary/aromatic N) is 1. The highest BCUT2D eigenvalue weighted by atomic mass is 35.5. The molecule has 1 atom stereocenters. The lowest BCUT2D eigenvalue weighted by Gasteiger charge is -2.35. The van der Waals surface area contributed by atoms with Gasteiger partial charge in [-0.25, -0.2) is 4.39 Å². The molecular formula is C19H20ClFN2O. The lowest BCUT2D eigenvalue weighted by atomic mass is 9.98. The van der Waals surface area contributed by atoms with Crippen LogP contribution in [0.1, 0.15) is 24.5 Å². The maximum absolute atomic E-state index is 13.1. The van der Waals surface area contributed by atoms with Gasteiger partial charge in [-0.2, -0.15) is 0 Å². The number of aryl methyl sites for hydroxylation is 2. The first kappa shape index (κ1) is 16.8. The monoisotopic (exact) mass is 346 g/mol. The van der Waals surface area contributed by atoms with Crippen molar-refractivity contribution in [1.29, 1.82) is 0 Å². The fourth-order valence-electron chi connectivity index (χ4n) is 3.13. The van der Waals surface area contributed by atoms with E-state index in [2.05, 4.69) is 35.3 Å². The van der Waals surface area contributed by atoms with Crippen LogP contribution >= 0.6 is 11.6 Å². The molecule has 24 heavy (non-hydrogen) atoms. The van der Waals surface area contributed by atoms with Crippen LogP contribution in [-0.2, 0) is 11.2 Å². The van der Waals surface area contributed by atoms with Crippen molar-refractivity contribution in [1.82, 2.24) is 0 Å². The third-order valence-corrected chi connectivity index (χ3v) is 4.74. The number of carbonyl (C=O) groups excluding carboxylic acids is 1. The highest BCUT2D eigenvalue weighted by Crippen LogP contribution is 2.30. The molecule has 5 heteroatoms. The van der Waals surface area contributed by atoms with Gasteiger partial charge in [0.25, 0.3) is 0 Å². The van der Waals surface area contributed by atoms with Gasteiger partial charge in [0.05, 0.1) is 10.7 Å². The second kappa shape index (κ2) is 6.81. The zero-order valence-electron chi connectivity index (χ0n) is 13.8. The summed E-state index contributed by atoms with van der Waals surface area (Å²) in [5, 5.41) is 3.00. The Labute approximate surface area is 146 Å². The number of nitrogens with one attached hydrogen (secondary N) is 1. The fraction of sp³-hybridized carbons (Fsp3) is 0.316. The zero-order chi connectivity index (χ0) is 17.3. The Kier molecular flexibility index (Phi) is 4.76. The molecule has 0 saturated heterocycles.